The number of benzene rings is 1. The Balaban J connectivity index is 2.49. The van der Waals surface area contributed by atoms with Crippen LogP contribution < -0.4 is 5.73 Å². The monoisotopic (exact) mass is 364 g/mol. The van der Waals surface area contributed by atoms with Crippen LogP contribution in [-0.2, 0) is 4.79 Å². The third-order valence-electron chi connectivity index (χ3n) is 2.21. The lowest BCUT2D eigenvalue weighted by molar-refractivity contribution is -0.133. The van der Waals surface area contributed by atoms with E-state index in [9.17, 15) is 13.6 Å². The van der Waals surface area contributed by atoms with E-state index in [1.807, 2.05) is 0 Å². The second-order valence-electron chi connectivity index (χ2n) is 3.58. The van der Waals surface area contributed by atoms with Crippen molar-refractivity contribution < 1.29 is 18.7 Å². The molecule has 1 heterocycles. The van der Waals surface area contributed by atoms with Gasteiger partial charge in [-0.2, -0.15) is 0 Å². The van der Waals surface area contributed by atoms with Gasteiger partial charge >= 0.3 is 5.97 Å². The Morgan fingerprint density at radius 1 is 1.40 bits per heavy atom. The molecule has 6 nitrogen and oxygen atoms in total. The minimum Gasteiger partial charge on any atom is -0.481 e. The van der Waals surface area contributed by atoms with E-state index in [4.69, 9.17) is 10.8 Å². The Morgan fingerprint density at radius 2 is 2.10 bits per heavy atom. The summed E-state index contributed by atoms with van der Waals surface area (Å²) in [7, 11) is 0. The minimum atomic E-state index is -1.08. The van der Waals surface area contributed by atoms with Gasteiger partial charge in [-0.25, -0.2) is 8.78 Å². The van der Waals surface area contributed by atoms with Crippen molar-refractivity contribution in [3.05, 3.63) is 28.2 Å². The molecule has 0 bridgehead atoms. The average molecular weight is 365 g/mol. The normalized spacial score (nSPS) is 10.8. The number of aromatic nitrogens is 3. The van der Waals surface area contributed by atoms with Crippen LogP contribution in [0.2, 0.25) is 0 Å². The highest BCUT2D eigenvalue weighted by Gasteiger charge is 2.18. The van der Waals surface area contributed by atoms with Gasteiger partial charge in [-0.05, 0) is 22.0 Å². The average Bonchev–Trinajstić information content (AvgIpc) is 2.73. The third kappa shape index (κ3) is 2.90. The number of thioether (sulfide) groups is 1. The molecular formula is C10H7BrF2N4O2S. The van der Waals surface area contributed by atoms with Gasteiger partial charge in [0.25, 0.3) is 0 Å². The summed E-state index contributed by atoms with van der Waals surface area (Å²) in [6, 6.07) is 1.86. The minimum absolute atomic E-state index is 0.0369. The molecule has 20 heavy (non-hydrogen) atoms. The number of nitrogens with two attached hydrogens (primary N) is 1. The van der Waals surface area contributed by atoms with Crippen LogP contribution in [0.4, 0.5) is 14.7 Å². The van der Waals surface area contributed by atoms with Gasteiger partial charge in [-0.3, -0.25) is 9.36 Å². The maximum atomic E-state index is 13.9. The highest BCUT2D eigenvalue weighted by atomic mass is 79.9. The number of halogens is 3. The zero-order valence-corrected chi connectivity index (χ0v) is 12.1. The topological polar surface area (TPSA) is 94.0 Å². The van der Waals surface area contributed by atoms with Crippen LogP contribution in [-0.4, -0.2) is 31.6 Å². The molecule has 0 saturated carbocycles. The van der Waals surface area contributed by atoms with Gasteiger partial charge in [0.05, 0.1) is 15.9 Å². The molecule has 1 aromatic heterocycles. The van der Waals surface area contributed by atoms with Gasteiger partial charge in [-0.15, -0.1) is 10.2 Å². The Labute approximate surface area is 124 Å². The molecule has 0 aliphatic rings. The predicted molar refractivity (Wildman–Crippen MR) is 71.7 cm³/mol. The molecule has 106 valence electrons. The Kier molecular flexibility index (Phi) is 4.23. The summed E-state index contributed by atoms with van der Waals surface area (Å²) in [5, 5.41) is 15.9. The van der Waals surface area contributed by atoms with Crippen LogP contribution in [0.3, 0.4) is 0 Å². The van der Waals surface area contributed by atoms with E-state index in [0.29, 0.717) is 0 Å². The van der Waals surface area contributed by atoms with E-state index in [-0.39, 0.29) is 27.0 Å². The van der Waals surface area contributed by atoms with Crippen molar-refractivity contribution >= 4 is 39.6 Å². The molecule has 10 heteroatoms. The number of carboxylic acid groups (broad SMARTS) is 1. The Bertz CT molecular complexity index is 680. The quantitative estimate of drug-likeness (QED) is 0.637. The predicted octanol–water partition coefficient (Wildman–Crippen LogP) is 2.07. The van der Waals surface area contributed by atoms with Crippen molar-refractivity contribution in [2.45, 2.75) is 5.16 Å². The summed E-state index contributed by atoms with van der Waals surface area (Å²) in [6.45, 7) is 0. The third-order valence-corrected chi connectivity index (χ3v) is 3.74. The SMILES string of the molecule is Nc1nnc(SCC(=O)O)n1-c1cc(F)c(Br)cc1F. The molecule has 2 rings (SSSR count). The van der Waals surface area contributed by atoms with E-state index in [2.05, 4.69) is 26.1 Å². The molecule has 3 N–H and O–H groups in total. The highest BCUT2D eigenvalue weighted by molar-refractivity contribution is 9.10. The summed E-state index contributed by atoms with van der Waals surface area (Å²) in [5.41, 5.74) is 5.37. The van der Waals surface area contributed by atoms with Crippen molar-refractivity contribution in [3.63, 3.8) is 0 Å². The van der Waals surface area contributed by atoms with E-state index >= 15 is 0 Å². The van der Waals surface area contributed by atoms with Gasteiger partial charge in [0.2, 0.25) is 5.95 Å². The van der Waals surface area contributed by atoms with Gasteiger partial charge < -0.3 is 10.8 Å². The number of rotatable bonds is 4. The van der Waals surface area contributed by atoms with E-state index in [1.165, 1.54) is 0 Å². The van der Waals surface area contributed by atoms with Crippen LogP contribution >= 0.6 is 27.7 Å². The van der Waals surface area contributed by atoms with Gasteiger partial charge in [0.15, 0.2) is 5.16 Å². The van der Waals surface area contributed by atoms with Crippen LogP contribution in [0.1, 0.15) is 0 Å². The standard InChI is InChI=1S/C10H7BrF2N4O2S/c11-4-1-6(13)7(2-5(4)12)17-9(14)15-16-10(17)20-3-8(18)19/h1-2H,3H2,(H2,14,15)(H,18,19). The maximum absolute atomic E-state index is 13.9. The van der Waals surface area contributed by atoms with Crippen LogP contribution in [0.15, 0.2) is 21.8 Å². The fourth-order valence-corrected chi connectivity index (χ4v) is 2.40. The molecule has 0 radical (unpaired) electrons. The Morgan fingerprint density at radius 3 is 2.75 bits per heavy atom. The molecule has 0 unspecified atom stereocenters. The molecule has 0 spiro atoms. The first-order chi connectivity index (χ1) is 9.40. The van der Waals surface area contributed by atoms with E-state index < -0.39 is 17.6 Å². The first-order valence-corrected chi connectivity index (χ1v) is 6.88. The van der Waals surface area contributed by atoms with Crippen molar-refractivity contribution in [2.75, 3.05) is 11.5 Å². The van der Waals surface area contributed by atoms with Gasteiger partial charge in [0, 0.05) is 6.07 Å². The number of anilines is 1. The van der Waals surface area contributed by atoms with E-state index in [1.54, 1.807) is 0 Å². The number of carbonyl (C=O) groups is 1. The number of nitrogen functional groups attached to an aromatic ring is 1. The lowest BCUT2D eigenvalue weighted by atomic mass is 10.3. The van der Waals surface area contributed by atoms with Crippen molar-refractivity contribution in [3.8, 4) is 5.69 Å². The summed E-state index contributed by atoms with van der Waals surface area (Å²) in [6.07, 6.45) is 0. The largest absolute Gasteiger partial charge is 0.481 e. The fraction of sp³-hybridized carbons (Fsp3) is 0.100. The smallest absolute Gasteiger partial charge is 0.313 e. The second-order valence-corrected chi connectivity index (χ2v) is 5.37. The number of aliphatic carboxylic acids is 1. The van der Waals surface area contributed by atoms with Gasteiger partial charge in [-0.1, -0.05) is 11.8 Å². The van der Waals surface area contributed by atoms with Crippen molar-refractivity contribution in [1.82, 2.24) is 14.8 Å². The van der Waals surface area contributed by atoms with E-state index in [0.717, 1.165) is 28.5 Å². The van der Waals surface area contributed by atoms with Crippen LogP contribution in [0.5, 0.6) is 0 Å². The fourth-order valence-electron chi connectivity index (χ4n) is 1.41. The molecule has 0 aliphatic carbocycles. The van der Waals surface area contributed by atoms with Crippen molar-refractivity contribution in [1.29, 1.82) is 0 Å². The first kappa shape index (κ1) is 14.7. The summed E-state index contributed by atoms with van der Waals surface area (Å²) in [4.78, 5) is 10.5. The molecule has 0 amide bonds. The summed E-state index contributed by atoms with van der Waals surface area (Å²) in [5.74, 6) is -2.99. The molecule has 1 aromatic carbocycles. The van der Waals surface area contributed by atoms with Gasteiger partial charge in [0.1, 0.15) is 11.6 Å². The molecule has 0 aliphatic heterocycles. The summed E-state index contributed by atoms with van der Waals surface area (Å²) >= 11 is 3.66. The molecular weight excluding hydrogens is 358 g/mol. The maximum Gasteiger partial charge on any atom is 0.313 e. The molecule has 2 aromatic rings. The zero-order chi connectivity index (χ0) is 14.9. The first-order valence-electron chi connectivity index (χ1n) is 5.10. The summed E-state index contributed by atoms with van der Waals surface area (Å²) < 4.78 is 28.4. The lowest BCUT2D eigenvalue weighted by Crippen LogP contribution is -2.07. The number of carboxylic acids is 1. The molecule has 0 saturated heterocycles. The Hall–Kier alpha value is -1.68. The van der Waals surface area contributed by atoms with Crippen LogP contribution in [0.25, 0.3) is 5.69 Å². The molecule has 0 fully saturated rings. The van der Waals surface area contributed by atoms with Crippen LogP contribution in [0, 0.1) is 11.6 Å². The number of nitrogens with zero attached hydrogens (tertiary/aromatic N) is 3. The second kappa shape index (κ2) is 5.75. The van der Waals surface area contributed by atoms with Crippen molar-refractivity contribution in [2.24, 2.45) is 0 Å². The zero-order valence-electron chi connectivity index (χ0n) is 9.68. The number of hydrogen-bond donors (Lipinski definition) is 2. The highest BCUT2D eigenvalue weighted by Crippen LogP contribution is 2.28. The lowest BCUT2D eigenvalue weighted by Gasteiger charge is -2.09. The molecule has 0 atom stereocenters. The number of hydrogen-bond acceptors (Lipinski definition) is 5.